The Bertz CT molecular complexity index is 1120. The maximum atomic E-state index is 12.6. The highest BCUT2D eigenvalue weighted by atomic mass is 35.5. The Morgan fingerprint density at radius 2 is 1.77 bits per heavy atom. The van der Waals surface area contributed by atoms with Crippen LogP contribution in [0.3, 0.4) is 0 Å². The van der Waals surface area contributed by atoms with E-state index in [9.17, 15) is 19.7 Å². The molecule has 3 aromatic rings. The third kappa shape index (κ3) is 5.80. The van der Waals surface area contributed by atoms with Crippen LogP contribution in [0.15, 0.2) is 72.8 Å². The molecule has 0 heterocycles. The Morgan fingerprint density at radius 1 is 1.06 bits per heavy atom. The molecule has 0 atom stereocenters. The van der Waals surface area contributed by atoms with Crippen LogP contribution < -0.4 is 15.0 Å². The van der Waals surface area contributed by atoms with Crippen molar-refractivity contribution in [3.63, 3.8) is 0 Å². The van der Waals surface area contributed by atoms with E-state index in [2.05, 4.69) is 5.32 Å². The Morgan fingerprint density at radius 3 is 2.45 bits per heavy atom. The molecule has 9 heteroatoms. The van der Waals surface area contributed by atoms with Gasteiger partial charge in [0.1, 0.15) is 5.75 Å². The maximum absolute atomic E-state index is 12.6. The van der Waals surface area contributed by atoms with Gasteiger partial charge in [-0.05, 0) is 48.5 Å². The third-order valence-corrected chi connectivity index (χ3v) is 4.55. The van der Waals surface area contributed by atoms with Crippen LogP contribution in [-0.2, 0) is 4.79 Å². The highest BCUT2D eigenvalue weighted by Gasteiger charge is 2.16. The number of hydrogen-bond acceptors (Lipinski definition) is 5. The Labute approximate surface area is 183 Å². The van der Waals surface area contributed by atoms with Crippen molar-refractivity contribution in [2.45, 2.75) is 0 Å². The summed E-state index contributed by atoms with van der Waals surface area (Å²) in [7, 11) is 1.56. The summed E-state index contributed by atoms with van der Waals surface area (Å²) in [5.41, 5.74) is 1.18. The molecule has 0 aliphatic rings. The van der Waals surface area contributed by atoms with Gasteiger partial charge >= 0.3 is 0 Å². The molecule has 0 spiro atoms. The van der Waals surface area contributed by atoms with Gasteiger partial charge in [-0.15, -0.1) is 0 Å². The zero-order valence-electron chi connectivity index (χ0n) is 16.4. The predicted molar refractivity (Wildman–Crippen MR) is 118 cm³/mol. The van der Waals surface area contributed by atoms with E-state index in [1.807, 2.05) is 0 Å². The number of nitrogens with one attached hydrogen (secondary N) is 1. The summed E-state index contributed by atoms with van der Waals surface area (Å²) >= 11 is 5.88. The standard InChI is InChI=1S/C22H18ClN3O5/c1-25(22(28)15-4-2-7-19(12-15)26(29)30)18-8-10-20(11-9-18)31-14-21(27)24-17-6-3-5-16(23)13-17/h2-13H,14H2,1H3,(H,24,27). The molecule has 0 aliphatic heterocycles. The van der Waals surface area contributed by atoms with Crippen molar-refractivity contribution in [3.8, 4) is 5.75 Å². The van der Waals surface area contributed by atoms with Gasteiger partial charge in [0.2, 0.25) is 0 Å². The molecule has 0 radical (unpaired) electrons. The first kappa shape index (κ1) is 21.8. The number of nitro groups is 1. The monoisotopic (exact) mass is 439 g/mol. The second kappa shape index (κ2) is 9.73. The molecule has 3 aromatic carbocycles. The van der Waals surface area contributed by atoms with Crippen molar-refractivity contribution in [1.82, 2.24) is 0 Å². The Balaban J connectivity index is 1.59. The lowest BCUT2D eigenvalue weighted by atomic mass is 10.1. The summed E-state index contributed by atoms with van der Waals surface area (Å²) in [4.78, 5) is 36.4. The number of hydrogen-bond donors (Lipinski definition) is 1. The van der Waals surface area contributed by atoms with Gasteiger partial charge in [-0.2, -0.15) is 0 Å². The molecular formula is C22H18ClN3O5. The highest BCUT2D eigenvalue weighted by Crippen LogP contribution is 2.22. The fourth-order valence-electron chi connectivity index (χ4n) is 2.74. The molecule has 0 saturated heterocycles. The zero-order chi connectivity index (χ0) is 22.4. The fraction of sp³-hybridized carbons (Fsp3) is 0.0909. The molecule has 158 valence electrons. The van der Waals surface area contributed by atoms with E-state index in [1.54, 1.807) is 55.6 Å². The lowest BCUT2D eigenvalue weighted by Gasteiger charge is -2.18. The second-order valence-electron chi connectivity index (χ2n) is 6.51. The Kier molecular flexibility index (Phi) is 6.84. The number of rotatable bonds is 7. The molecule has 1 N–H and O–H groups in total. The van der Waals surface area contributed by atoms with Crippen LogP contribution in [0.25, 0.3) is 0 Å². The lowest BCUT2D eigenvalue weighted by Crippen LogP contribution is -2.26. The zero-order valence-corrected chi connectivity index (χ0v) is 17.2. The number of amides is 2. The van der Waals surface area contributed by atoms with Crippen LogP contribution >= 0.6 is 11.6 Å². The van der Waals surface area contributed by atoms with E-state index in [4.69, 9.17) is 16.3 Å². The van der Waals surface area contributed by atoms with Crippen molar-refractivity contribution >= 4 is 40.5 Å². The van der Waals surface area contributed by atoms with E-state index in [-0.39, 0.29) is 23.8 Å². The first-order valence-corrected chi connectivity index (χ1v) is 9.52. The number of carbonyl (C=O) groups is 2. The number of anilines is 2. The molecule has 0 unspecified atom stereocenters. The quantitative estimate of drug-likeness (QED) is 0.430. The normalized spacial score (nSPS) is 10.3. The van der Waals surface area contributed by atoms with Crippen molar-refractivity contribution in [2.24, 2.45) is 0 Å². The fourth-order valence-corrected chi connectivity index (χ4v) is 2.93. The van der Waals surface area contributed by atoms with Gasteiger partial charge in [0.15, 0.2) is 6.61 Å². The molecule has 0 fully saturated rings. The minimum absolute atomic E-state index is 0.154. The topological polar surface area (TPSA) is 102 Å². The number of carbonyl (C=O) groups excluding carboxylic acids is 2. The van der Waals surface area contributed by atoms with Crippen LogP contribution in [0.4, 0.5) is 17.1 Å². The van der Waals surface area contributed by atoms with Gasteiger partial charge in [0.25, 0.3) is 17.5 Å². The molecular weight excluding hydrogens is 422 g/mol. The van der Waals surface area contributed by atoms with E-state index in [1.165, 1.54) is 29.2 Å². The number of halogens is 1. The molecule has 0 bridgehead atoms. The van der Waals surface area contributed by atoms with Gasteiger partial charge in [-0.1, -0.05) is 23.7 Å². The average Bonchev–Trinajstić information content (AvgIpc) is 2.77. The molecule has 31 heavy (non-hydrogen) atoms. The first-order chi connectivity index (χ1) is 14.8. The van der Waals surface area contributed by atoms with Crippen molar-refractivity contribution in [3.05, 3.63) is 93.5 Å². The number of benzene rings is 3. The predicted octanol–water partition coefficient (Wildman–Crippen LogP) is 4.54. The van der Waals surface area contributed by atoms with E-state index in [0.29, 0.717) is 22.1 Å². The third-order valence-electron chi connectivity index (χ3n) is 4.31. The Hall–Kier alpha value is -3.91. The summed E-state index contributed by atoms with van der Waals surface area (Å²) in [5.74, 6) is -0.288. The van der Waals surface area contributed by atoms with Crippen LogP contribution in [0.5, 0.6) is 5.75 Å². The molecule has 0 aromatic heterocycles. The molecule has 8 nitrogen and oxygen atoms in total. The summed E-state index contributed by atoms with van der Waals surface area (Å²) in [6.07, 6.45) is 0. The number of nitrogens with zero attached hydrogens (tertiary/aromatic N) is 2. The summed E-state index contributed by atoms with van der Waals surface area (Å²) in [6, 6.07) is 18.9. The number of non-ortho nitro benzene ring substituents is 1. The summed E-state index contributed by atoms with van der Waals surface area (Å²) in [6.45, 7) is -0.200. The van der Waals surface area contributed by atoms with Crippen molar-refractivity contribution < 1.29 is 19.2 Å². The minimum atomic E-state index is -0.550. The second-order valence-corrected chi connectivity index (χ2v) is 6.95. The maximum Gasteiger partial charge on any atom is 0.270 e. The number of nitro benzene ring substituents is 1. The molecule has 0 aliphatic carbocycles. The molecule has 2 amide bonds. The summed E-state index contributed by atoms with van der Waals surface area (Å²) in [5, 5.41) is 14.1. The van der Waals surface area contributed by atoms with Crippen LogP contribution in [0, 0.1) is 10.1 Å². The van der Waals surface area contributed by atoms with E-state index in [0.717, 1.165) is 0 Å². The van der Waals surface area contributed by atoms with Gasteiger partial charge in [-0.25, -0.2) is 0 Å². The van der Waals surface area contributed by atoms with Crippen LogP contribution in [0.1, 0.15) is 10.4 Å². The highest BCUT2D eigenvalue weighted by molar-refractivity contribution is 6.30. The van der Waals surface area contributed by atoms with Gasteiger partial charge in [0.05, 0.1) is 4.92 Å². The smallest absolute Gasteiger partial charge is 0.270 e. The average molecular weight is 440 g/mol. The van der Waals surface area contributed by atoms with Crippen LogP contribution in [-0.4, -0.2) is 30.4 Å². The summed E-state index contributed by atoms with van der Waals surface area (Å²) < 4.78 is 5.47. The molecule has 0 saturated carbocycles. The van der Waals surface area contributed by atoms with Gasteiger partial charge < -0.3 is 15.0 Å². The van der Waals surface area contributed by atoms with E-state index >= 15 is 0 Å². The molecule has 3 rings (SSSR count). The first-order valence-electron chi connectivity index (χ1n) is 9.14. The SMILES string of the molecule is CN(C(=O)c1cccc([N+](=O)[O-])c1)c1ccc(OCC(=O)Nc2cccc(Cl)c2)cc1. The van der Waals surface area contributed by atoms with Crippen LogP contribution in [0.2, 0.25) is 5.02 Å². The number of ether oxygens (including phenoxy) is 1. The van der Waals surface area contributed by atoms with E-state index < -0.39 is 10.8 Å². The lowest BCUT2D eigenvalue weighted by molar-refractivity contribution is -0.384. The van der Waals surface area contributed by atoms with Crippen molar-refractivity contribution in [2.75, 3.05) is 23.9 Å². The minimum Gasteiger partial charge on any atom is -0.484 e. The van der Waals surface area contributed by atoms with Gasteiger partial charge in [0, 0.05) is 41.1 Å². The van der Waals surface area contributed by atoms with Gasteiger partial charge in [-0.3, -0.25) is 19.7 Å². The largest absolute Gasteiger partial charge is 0.484 e. The van der Waals surface area contributed by atoms with Crippen molar-refractivity contribution in [1.29, 1.82) is 0 Å².